The molecule has 0 aliphatic carbocycles. The van der Waals surface area contributed by atoms with Crippen molar-refractivity contribution in [1.29, 1.82) is 0 Å². The van der Waals surface area contributed by atoms with Gasteiger partial charge in [0.05, 0.1) is 23.1 Å². The number of benzene rings is 2. The van der Waals surface area contributed by atoms with Crippen LogP contribution in [0.4, 0.5) is 5.69 Å². The highest BCUT2D eigenvalue weighted by Gasteiger charge is 2.18. The summed E-state index contributed by atoms with van der Waals surface area (Å²) in [7, 11) is 0. The molecule has 0 aliphatic heterocycles. The van der Waals surface area contributed by atoms with Gasteiger partial charge in [-0.15, -0.1) is 0 Å². The van der Waals surface area contributed by atoms with Crippen molar-refractivity contribution in [2.45, 2.75) is 20.3 Å². The van der Waals surface area contributed by atoms with Crippen LogP contribution in [-0.4, -0.2) is 17.0 Å². The van der Waals surface area contributed by atoms with Gasteiger partial charge < -0.3 is 4.42 Å². The van der Waals surface area contributed by atoms with Crippen LogP contribution in [0.5, 0.6) is 0 Å². The van der Waals surface area contributed by atoms with E-state index in [1.807, 2.05) is 32.0 Å². The summed E-state index contributed by atoms with van der Waals surface area (Å²) in [4.78, 5) is 22.8. The number of nitro groups is 1. The zero-order valence-electron chi connectivity index (χ0n) is 15.8. The predicted octanol–water partition coefficient (Wildman–Crippen LogP) is 4.82. The summed E-state index contributed by atoms with van der Waals surface area (Å²) >= 11 is 5.83. The summed E-state index contributed by atoms with van der Waals surface area (Å²) in [6.07, 6.45) is 1.55. The number of carbonyl (C=O) groups is 1. The Morgan fingerprint density at radius 1 is 1.21 bits per heavy atom. The van der Waals surface area contributed by atoms with E-state index in [1.165, 1.54) is 18.3 Å². The number of rotatable bonds is 6. The van der Waals surface area contributed by atoms with Gasteiger partial charge in [-0.05, 0) is 49.2 Å². The van der Waals surface area contributed by atoms with Crippen LogP contribution < -0.4 is 5.43 Å². The van der Waals surface area contributed by atoms with Gasteiger partial charge in [-0.2, -0.15) is 5.10 Å². The first kappa shape index (κ1) is 20.3. The number of nitrogens with zero attached hydrogens (tertiary/aromatic N) is 2. The number of halogens is 1. The number of carbonyl (C=O) groups excluding carboxylic acids is 1. The predicted molar refractivity (Wildman–Crippen MR) is 111 cm³/mol. The number of amides is 1. The van der Waals surface area contributed by atoms with Crippen LogP contribution in [-0.2, 0) is 11.2 Å². The van der Waals surface area contributed by atoms with Crippen LogP contribution in [0.1, 0.15) is 22.5 Å². The van der Waals surface area contributed by atoms with E-state index in [2.05, 4.69) is 10.5 Å². The SMILES string of the molecule is Cc1ccc(C)c(CC(=O)N/N=C\c2ccc(-c3ccc(Cl)cc3[N+](=O)[O-])o2)c1. The summed E-state index contributed by atoms with van der Waals surface area (Å²) in [5.41, 5.74) is 5.67. The quantitative estimate of drug-likeness (QED) is 0.357. The van der Waals surface area contributed by atoms with Gasteiger partial charge in [0.1, 0.15) is 11.5 Å². The lowest BCUT2D eigenvalue weighted by molar-refractivity contribution is -0.384. The van der Waals surface area contributed by atoms with Gasteiger partial charge in [0.15, 0.2) is 0 Å². The van der Waals surface area contributed by atoms with E-state index < -0.39 is 4.92 Å². The molecule has 2 aromatic carbocycles. The lowest BCUT2D eigenvalue weighted by atomic mass is 10.0. The topological polar surface area (TPSA) is 97.7 Å². The average molecular weight is 412 g/mol. The molecule has 0 unspecified atom stereocenters. The Balaban J connectivity index is 1.67. The molecule has 0 saturated carbocycles. The molecule has 0 radical (unpaired) electrons. The molecule has 8 heteroatoms. The molecule has 0 spiro atoms. The lowest BCUT2D eigenvalue weighted by Gasteiger charge is -2.05. The van der Waals surface area contributed by atoms with Crippen molar-refractivity contribution >= 4 is 29.4 Å². The van der Waals surface area contributed by atoms with E-state index in [-0.39, 0.29) is 23.0 Å². The minimum absolute atomic E-state index is 0.155. The third-order valence-corrected chi connectivity index (χ3v) is 4.52. The second-order valence-electron chi connectivity index (χ2n) is 6.52. The fourth-order valence-corrected chi connectivity index (χ4v) is 2.97. The molecule has 0 atom stereocenters. The van der Waals surface area contributed by atoms with Crippen molar-refractivity contribution < 1.29 is 14.1 Å². The Kier molecular flexibility index (Phi) is 6.09. The van der Waals surface area contributed by atoms with E-state index in [4.69, 9.17) is 16.0 Å². The number of hydrogen-bond acceptors (Lipinski definition) is 5. The zero-order valence-corrected chi connectivity index (χ0v) is 16.6. The highest BCUT2D eigenvalue weighted by Crippen LogP contribution is 2.33. The number of nitrogens with one attached hydrogen (secondary N) is 1. The first-order valence-corrected chi connectivity index (χ1v) is 9.13. The molecule has 7 nitrogen and oxygen atoms in total. The standard InChI is InChI=1S/C21H18ClN3O4/c1-13-3-4-14(2)15(9-13)10-21(26)24-23-12-17-6-8-20(29-17)18-7-5-16(22)11-19(18)25(27)28/h3-9,11-12H,10H2,1-2H3,(H,24,26)/b23-12-. The maximum Gasteiger partial charge on any atom is 0.281 e. The van der Waals surface area contributed by atoms with Gasteiger partial charge in [0, 0.05) is 11.1 Å². The summed E-state index contributed by atoms with van der Waals surface area (Å²) < 4.78 is 5.59. The summed E-state index contributed by atoms with van der Waals surface area (Å²) in [6, 6.07) is 13.5. The molecule has 0 fully saturated rings. The van der Waals surface area contributed by atoms with Crippen molar-refractivity contribution in [3.05, 3.63) is 86.1 Å². The van der Waals surface area contributed by atoms with Crippen LogP contribution in [0.25, 0.3) is 11.3 Å². The van der Waals surface area contributed by atoms with Gasteiger partial charge in [-0.25, -0.2) is 5.43 Å². The molecular formula is C21H18ClN3O4. The number of hydrazone groups is 1. The molecular weight excluding hydrogens is 394 g/mol. The van der Waals surface area contributed by atoms with E-state index in [1.54, 1.807) is 18.2 Å². The monoisotopic (exact) mass is 411 g/mol. The van der Waals surface area contributed by atoms with Crippen molar-refractivity contribution in [3.8, 4) is 11.3 Å². The second kappa shape index (κ2) is 8.70. The van der Waals surface area contributed by atoms with Crippen LogP contribution in [0.2, 0.25) is 5.02 Å². The van der Waals surface area contributed by atoms with Crippen molar-refractivity contribution in [1.82, 2.24) is 5.43 Å². The molecule has 0 bridgehead atoms. The Morgan fingerprint density at radius 2 is 2.00 bits per heavy atom. The van der Waals surface area contributed by atoms with E-state index in [0.717, 1.165) is 16.7 Å². The van der Waals surface area contributed by atoms with E-state index >= 15 is 0 Å². The third kappa shape index (κ3) is 5.08. The highest BCUT2D eigenvalue weighted by atomic mass is 35.5. The van der Waals surface area contributed by atoms with Crippen LogP contribution in [0, 0.1) is 24.0 Å². The Bertz CT molecular complexity index is 1110. The van der Waals surface area contributed by atoms with Crippen molar-refractivity contribution in [2.24, 2.45) is 5.10 Å². The van der Waals surface area contributed by atoms with Crippen molar-refractivity contribution in [3.63, 3.8) is 0 Å². The second-order valence-corrected chi connectivity index (χ2v) is 6.96. The first-order valence-electron chi connectivity index (χ1n) is 8.75. The van der Waals surface area contributed by atoms with Crippen LogP contribution >= 0.6 is 11.6 Å². The Labute approximate surface area is 172 Å². The molecule has 29 heavy (non-hydrogen) atoms. The van der Waals surface area contributed by atoms with Gasteiger partial charge in [-0.3, -0.25) is 14.9 Å². The molecule has 3 rings (SSSR count). The Hall–Kier alpha value is -3.45. The summed E-state index contributed by atoms with van der Waals surface area (Å²) in [5, 5.41) is 15.4. The average Bonchev–Trinajstić information content (AvgIpc) is 3.13. The highest BCUT2D eigenvalue weighted by molar-refractivity contribution is 6.30. The molecule has 148 valence electrons. The lowest BCUT2D eigenvalue weighted by Crippen LogP contribution is -2.20. The molecule has 0 aliphatic rings. The largest absolute Gasteiger partial charge is 0.455 e. The number of aryl methyl sites for hydroxylation is 2. The maximum atomic E-state index is 12.1. The van der Waals surface area contributed by atoms with E-state index in [0.29, 0.717) is 17.1 Å². The fraction of sp³-hybridized carbons (Fsp3) is 0.143. The van der Waals surface area contributed by atoms with Gasteiger partial charge in [0.25, 0.3) is 5.69 Å². The van der Waals surface area contributed by atoms with Gasteiger partial charge in [-0.1, -0.05) is 35.4 Å². The smallest absolute Gasteiger partial charge is 0.281 e. The maximum absolute atomic E-state index is 12.1. The van der Waals surface area contributed by atoms with Gasteiger partial charge in [0.2, 0.25) is 5.91 Å². The zero-order chi connectivity index (χ0) is 21.0. The first-order chi connectivity index (χ1) is 13.8. The summed E-state index contributed by atoms with van der Waals surface area (Å²) in [6.45, 7) is 3.92. The van der Waals surface area contributed by atoms with Gasteiger partial charge >= 0.3 is 0 Å². The minimum Gasteiger partial charge on any atom is -0.455 e. The summed E-state index contributed by atoms with van der Waals surface area (Å²) in [5.74, 6) is 0.392. The molecule has 1 amide bonds. The number of furan rings is 1. The number of hydrogen-bond donors (Lipinski definition) is 1. The van der Waals surface area contributed by atoms with Crippen molar-refractivity contribution in [2.75, 3.05) is 0 Å². The number of nitro benzene ring substituents is 1. The normalized spacial score (nSPS) is 11.0. The Morgan fingerprint density at radius 3 is 2.76 bits per heavy atom. The molecule has 1 aromatic heterocycles. The molecule has 1 N–H and O–H groups in total. The molecule has 1 heterocycles. The third-order valence-electron chi connectivity index (χ3n) is 4.29. The fourth-order valence-electron chi connectivity index (χ4n) is 2.80. The minimum atomic E-state index is -0.523. The molecule has 0 saturated heterocycles. The van der Waals surface area contributed by atoms with E-state index in [9.17, 15) is 14.9 Å². The van der Waals surface area contributed by atoms with Crippen LogP contribution in [0.3, 0.4) is 0 Å². The van der Waals surface area contributed by atoms with Crippen LogP contribution in [0.15, 0.2) is 58.0 Å². The molecule has 3 aromatic rings.